The van der Waals surface area contributed by atoms with Crippen LogP contribution >= 0.6 is 23.2 Å². The highest BCUT2D eigenvalue weighted by Gasteiger charge is 2.17. The molecule has 0 aliphatic heterocycles. The number of nitrogens with zero attached hydrogens (tertiary/aromatic N) is 1. The molecule has 2 aromatic rings. The Bertz CT molecular complexity index is 826. The minimum atomic E-state index is -3.62. The van der Waals surface area contributed by atoms with Gasteiger partial charge in [0.05, 0.1) is 15.6 Å². The minimum absolute atomic E-state index is 0.0514. The fourth-order valence-corrected chi connectivity index (χ4v) is 3.68. The molecule has 0 saturated carbocycles. The van der Waals surface area contributed by atoms with E-state index in [0.29, 0.717) is 15.7 Å². The number of benzene rings is 2. The maximum atomic E-state index is 12.2. The summed E-state index contributed by atoms with van der Waals surface area (Å²) in [5.41, 5.74) is 0.479. The Hall–Kier alpha value is -1.60. The number of carbonyl (C=O) groups excluding carboxylic acids is 1. The Morgan fingerprint density at radius 2 is 1.79 bits per heavy atom. The molecule has 1 N–H and O–H groups in total. The Morgan fingerprint density at radius 1 is 1.12 bits per heavy atom. The lowest BCUT2D eigenvalue weighted by Gasteiger charge is -2.22. The molecule has 0 radical (unpaired) electrons. The number of hydrogen-bond acceptors (Lipinski definition) is 3. The van der Waals surface area contributed by atoms with Gasteiger partial charge < -0.3 is 4.90 Å². The van der Waals surface area contributed by atoms with E-state index in [1.807, 2.05) is 0 Å². The van der Waals surface area contributed by atoms with Crippen molar-refractivity contribution in [3.05, 3.63) is 58.6 Å². The second kappa shape index (κ2) is 7.98. The van der Waals surface area contributed by atoms with E-state index < -0.39 is 10.0 Å². The SMILES string of the molecule is CC(=O)N(CCNS(=O)(=O)c1ccccc1)c1ccc(Cl)cc1Cl. The number of amides is 1. The predicted molar refractivity (Wildman–Crippen MR) is 96.1 cm³/mol. The molecule has 24 heavy (non-hydrogen) atoms. The smallest absolute Gasteiger partial charge is 0.240 e. The standard InChI is InChI=1S/C16H16Cl2N2O3S/c1-12(21)20(16-8-7-13(17)11-15(16)18)10-9-19-24(22,23)14-5-3-2-4-6-14/h2-8,11,19H,9-10H2,1H3. The highest BCUT2D eigenvalue weighted by atomic mass is 35.5. The molecule has 0 aliphatic carbocycles. The molecule has 0 unspecified atom stereocenters. The first kappa shape index (κ1) is 18.7. The third-order valence-corrected chi connectivity index (χ3v) is 5.28. The monoisotopic (exact) mass is 386 g/mol. The van der Waals surface area contributed by atoms with E-state index in [4.69, 9.17) is 23.2 Å². The minimum Gasteiger partial charge on any atom is -0.310 e. The van der Waals surface area contributed by atoms with Crippen LogP contribution in [0.15, 0.2) is 53.4 Å². The lowest BCUT2D eigenvalue weighted by molar-refractivity contribution is -0.116. The summed E-state index contributed by atoms with van der Waals surface area (Å²) >= 11 is 12.0. The van der Waals surface area contributed by atoms with Crippen LogP contribution in [0, 0.1) is 0 Å². The molecule has 0 aromatic heterocycles. The first-order chi connectivity index (χ1) is 11.3. The van der Waals surface area contributed by atoms with Crippen LogP contribution in [0.25, 0.3) is 0 Å². The highest BCUT2D eigenvalue weighted by Crippen LogP contribution is 2.28. The van der Waals surface area contributed by atoms with E-state index in [9.17, 15) is 13.2 Å². The van der Waals surface area contributed by atoms with Gasteiger partial charge in [-0.05, 0) is 30.3 Å². The van der Waals surface area contributed by atoms with Crippen molar-refractivity contribution in [2.45, 2.75) is 11.8 Å². The molecule has 2 rings (SSSR count). The Balaban J connectivity index is 2.09. The summed E-state index contributed by atoms with van der Waals surface area (Å²) in [6.45, 7) is 1.58. The van der Waals surface area contributed by atoms with Gasteiger partial charge in [0.2, 0.25) is 15.9 Å². The average Bonchev–Trinajstić information content (AvgIpc) is 2.53. The summed E-state index contributed by atoms with van der Waals surface area (Å²) in [5, 5.41) is 0.778. The lowest BCUT2D eigenvalue weighted by atomic mass is 10.2. The molecular formula is C16H16Cl2N2O3S. The summed E-state index contributed by atoms with van der Waals surface area (Å²) in [5.74, 6) is -0.252. The summed E-state index contributed by atoms with van der Waals surface area (Å²) in [6.07, 6.45) is 0. The van der Waals surface area contributed by atoms with E-state index in [-0.39, 0.29) is 23.9 Å². The van der Waals surface area contributed by atoms with Crippen molar-refractivity contribution in [3.63, 3.8) is 0 Å². The number of nitrogens with one attached hydrogen (secondary N) is 1. The van der Waals surface area contributed by atoms with E-state index in [2.05, 4.69) is 4.72 Å². The van der Waals surface area contributed by atoms with Crippen LogP contribution in [0.5, 0.6) is 0 Å². The van der Waals surface area contributed by atoms with Crippen molar-refractivity contribution in [1.82, 2.24) is 4.72 Å². The Morgan fingerprint density at radius 3 is 2.38 bits per heavy atom. The fraction of sp³-hybridized carbons (Fsp3) is 0.188. The first-order valence-corrected chi connectivity index (χ1v) is 9.33. The molecule has 128 valence electrons. The van der Waals surface area contributed by atoms with Crippen LogP contribution in [0.4, 0.5) is 5.69 Å². The van der Waals surface area contributed by atoms with Crippen molar-refractivity contribution < 1.29 is 13.2 Å². The zero-order chi connectivity index (χ0) is 17.7. The van der Waals surface area contributed by atoms with Crippen LogP contribution in [0.2, 0.25) is 10.0 Å². The van der Waals surface area contributed by atoms with E-state index in [1.165, 1.54) is 30.0 Å². The molecular weight excluding hydrogens is 371 g/mol. The van der Waals surface area contributed by atoms with Gasteiger partial charge in [0, 0.05) is 25.0 Å². The van der Waals surface area contributed by atoms with Gasteiger partial charge in [0.1, 0.15) is 0 Å². The number of anilines is 1. The molecule has 0 aliphatic rings. The van der Waals surface area contributed by atoms with Gasteiger partial charge in [-0.2, -0.15) is 0 Å². The molecule has 2 aromatic carbocycles. The van der Waals surface area contributed by atoms with Crippen molar-refractivity contribution in [2.24, 2.45) is 0 Å². The second-order valence-corrected chi connectivity index (χ2v) is 7.59. The number of rotatable bonds is 6. The van der Waals surface area contributed by atoms with E-state index in [0.717, 1.165) is 0 Å². The normalized spacial score (nSPS) is 11.3. The van der Waals surface area contributed by atoms with Crippen molar-refractivity contribution in [1.29, 1.82) is 0 Å². The van der Waals surface area contributed by atoms with Gasteiger partial charge in [0.25, 0.3) is 0 Å². The Kier molecular flexibility index (Phi) is 6.23. The molecule has 5 nitrogen and oxygen atoms in total. The quantitative estimate of drug-likeness (QED) is 0.827. The summed E-state index contributed by atoms with van der Waals surface area (Å²) in [6, 6.07) is 12.8. The van der Waals surface area contributed by atoms with Crippen LogP contribution in [-0.4, -0.2) is 27.4 Å². The van der Waals surface area contributed by atoms with Crippen LogP contribution in [-0.2, 0) is 14.8 Å². The zero-order valence-corrected chi connectivity index (χ0v) is 15.2. The van der Waals surface area contributed by atoms with Gasteiger partial charge in [-0.15, -0.1) is 0 Å². The molecule has 0 bridgehead atoms. The third kappa shape index (κ3) is 4.70. The Labute approximate surface area is 151 Å². The average molecular weight is 387 g/mol. The van der Waals surface area contributed by atoms with Gasteiger partial charge in [0.15, 0.2) is 0 Å². The predicted octanol–water partition coefficient (Wildman–Crippen LogP) is 3.32. The molecule has 0 atom stereocenters. The van der Waals surface area contributed by atoms with Crippen LogP contribution < -0.4 is 9.62 Å². The molecule has 0 heterocycles. The van der Waals surface area contributed by atoms with E-state index >= 15 is 0 Å². The largest absolute Gasteiger partial charge is 0.310 e. The maximum absolute atomic E-state index is 12.2. The molecule has 0 spiro atoms. The molecule has 0 fully saturated rings. The number of carbonyl (C=O) groups is 1. The van der Waals surface area contributed by atoms with Crippen molar-refractivity contribution in [2.75, 3.05) is 18.0 Å². The zero-order valence-electron chi connectivity index (χ0n) is 12.9. The van der Waals surface area contributed by atoms with Gasteiger partial charge >= 0.3 is 0 Å². The molecule has 0 saturated heterocycles. The van der Waals surface area contributed by atoms with Gasteiger partial charge in [-0.3, -0.25) is 4.79 Å². The van der Waals surface area contributed by atoms with Crippen molar-refractivity contribution in [3.8, 4) is 0 Å². The first-order valence-electron chi connectivity index (χ1n) is 7.09. The second-order valence-electron chi connectivity index (χ2n) is 4.98. The van der Waals surface area contributed by atoms with Crippen LogP contribution in [0.1, 0.15) is 6.92 Å². The fourth-order valence-electron chi connectivity index (χ4n) is 2.12. The van der Waals surface area contributed by atoms with Crippen molar-refractivity contribution >= 4 is 44.8 Å². The topological polar surface area (TPSA) is 66.5 Å². The maximum Gasteiger partial charge on any atom is 0.240 e. The summed E-state index contributed by atoms with van der Waals surface area (Å²) in [7, 11) is -3.62. The lowest BCUT2D eigenvalue weighted by Crippen LogP contribution is -2.37. The molecule has 1 amide bonds. The highest BCUT2D eigenvalue weighted by molar-refractivity contribution is 7.89. The number of sulfonamides is 1. The van der Waals surface area contributed by atoms with Crippen LogP contribution in [0.3, 0.4) is 0 Å². The molecule has 8 heteroatoms. The number of halogens is 2. The third-order valence-electron chi connectivity index (χ3n) is 3.26. The number of hydrogen-bond donors (Lipinski definition) is 1. The van der Waals surface area contributed by atoms with Gasteiger partial charge in [-0.1, -0.05) is 41.4 Å². The summed E-state index contributed by atoms with van der Waals surface area (Å²) < 4.78 is 26.8. The summed E-state index contributed by atoms with van der Waals surface area (Å²) in [4.78, 5) is 13.4. The van der Waals surface area contributed by atoms with Gasteiger partial charge in [-0.25, -0.2) is 13.1 Å². The van der Waals surface area contributed by atoms with E-state index in [1.54, 1.807) is 30.3 Å².